The minimum atomic E-state index is -3.19. The molecule has 5 rings (SSSR count). The van der Waals surface area contributed by atoms with E-state index in [4.69, 9.17) is 28.4 Å². The summed E-state index contributed by atoms with van der Waals surface area (Å²) in [6.07, 6.45) is -2.53. The predicted molar refractivity (Wildman–Crippen MR) is 221 cm³/mol. The first-order valence-electron chi connectivity index (χ1n) is 21.4. The van der Waals surface area contributed by atoms with E-state index in [0.717, 1.165) is 18.2 Å². The van der Waals surface area contributed by atoms with Crippen LogP contribution < -0.4 is 4.74 Å². The Hall–Kier alpha value is -4.03. The Morgan fingerprint density at radius 2 is 1.64 bits per heavy atom. The van der Waals surface area contributed by atoms with E-state index in [0.29, 0.717) is 31.5 Å². The largest absolute Gasteiger partial charge is 0.497 e. The summed E-state index contributed by atoms with van der Waals surface area (Å²) in [5.74, 6) is -5.12. The molecular formula is C44H66FN5O11. The molecule has 1 aromatic heterocycles. The minimum Gasteiger partial charge on any atom is -0.497 e. The number of aliphatic hydroxyl groups excluding tert-OH is 1. The lowest BCUT2D eigenvalue weighted by Gasteiger charge is -2.47. The van der Waals surface area contributed by atoms with Crippen LogP contribution in [0.2, 0.25) is 0 Å². The van der Waals surface area contributed by atoms with Gasteiger partial charge in [-0.15, -0.1) is 5.10 Å². The van der Waals surface area contributed by atoms with Gasteiger partial charge in [0.2, 0.25) is 0 Å². The number of aryl methyl sites for hydroxylation is 1. The number of hydrogen-bond donors (Lipinski definition) is 1. The van der Waals surface area contributed by atoms with Crippen molar-refractivity contribution in [1.29, 1.82) is 0 Å². The van der Waals surface area contributed by atoms with E-state index in [1.807, 2.05) is 56.4 Å². The minimum absolute atomic E-state index is 0.0102. The second-order valence-electron chi connectivity index (χ2n) is 17.9. The maximum absolute atomic E-state index is 16.9. The molecule has 4 heterocycles. The molecule has 1 aromatic carbocycles. The van der Waals surface area contributed by atoms with E-state index in [1.54, 1.807) is 46.4 Å². The fourth-order valence-electron chi connectivity index (χ4n) is 9.57. The number of unbranched alkanes of at least 4 members (excludes halogenated alkanes) is 1. The van der Waals surface area contributed by atoms with Gasteiger partial charge in [-0.3, -0.25) is 14.3 Å². The highest BCUT2D eigenvalue weighted by molar-refractivity contribution is 6.08. The molecular weight excluding hydrogens is 794 g/mol. The van der Waals surface area contributed by atoms with Crippen molar-refractivity contribution in [2.75, 3.05) is 34.9 Å². The van der Waals surface area contributed by atoms with Gasteiger partial charge in [-0.05, 0) is 98.2 Å². The van der Waals surface area contributed by atoms with Crippen LogP contribution in [0.5, 0.6) is 5.75 Å². The van der Waals surface area contributed by atoms with Crippen molar-refractivity contribution >= 4 is 23.6 Å². The lowest BCUT2D eigenvalue weighted by atomic mass is 9.73. The number of benzene rings is 1. The van der Waals surface area contributed by atoms with Crippen LogP contribution in [0.3, 0.4) is 0 Å². The monoisotopic (exact) mass is 859 g/mol. The predicted octanol–water partition coefficient (Wildman–Crippen LogP) is 5.03. The molecule has 3 aliphatic rings. The number of aromatic nitrogens is 3. The van der Waals surface area contributed by atoms with Gasteiger partial charge in [0.15, 0.2) is 17.7 Å². The zero-order valence-electron chi connectivity index (χ0n) is 37.8. The molecule has 61 heavy (non-hydrogen) atoms. The zero-order chi connectivity index (χ0) is 45.2. The highest BCUT2D eigenvalue weighted by atomic mass is 19.1. The van der Waals surface area contributed by atoms with Crippen LogP contribution in [0, 0.1) is 17.8 Å². The zero-order valence-corrected chi connectivity index (χ0v) is 37.8. The number of amides is 1. The number of ketones is 2. The number of ether oxygens (including phenoxy) is 6. The lowest BCUT2D eigenvalue weighted by Crippen LogP contribution is -2.61. The molecule has 3 aliphatic heterocycles. The first kappa shape index (κ1) is 48.0. The molecule has 0 aliphatic carbocycles. The summed E-state index contributed by atoms with van der Waals surface area (Å²) in [4.78, 5) is 60.1. The van der Waals surface area contributed by atoms with Crippen LogP contribution in [-0.4, -0.2) is 148 Å². The quantitative estimate of drug-likeness (QED) is 0.171. The Morgan fingerprint density at radius 3 is 2.25 bits per heavy atom. The van der Waals surface area contributed by atoms with Crippen molar-refractivity contribution in [3.05, 3.63) is 30.5 Å². The molecule has 0 spiro atoms. The molecule has 1 amide bonds. The van der Waals surface area contributed by atoms with Crippen LogP contribution in [0.15, 0.2) is 30.5 Å². The number of cyclic esters (lactones) is 1. The maximum Gasteiger partial charge on any atom is 0.410 e. The number of hydrogen-bond acceptors (Lipinski definition) is 14. The molecule has 340 valence electrons. The molecule has 1 N–H and O–H groups in total. The van der Waals surface area contributed by atoms with Crippen LogP contribution in [0.4, 0.5) is 9.18 Å². The number of methoxy groups -OCH3 is 2. The average molecular weight is 860 g/mol. The van der Waals surface area contributed by atoms with Crippen LogP contribution in [0.25, 0.3) is 11.3 Å². The number of esters is 1. The summed E-state index contributed by atoms with van der Waals surface area (Å²) < 4.78 is 54.5. The lowest BCUT2D eigenvalue weighted by molar-refractivity contribution is -0.295. The molecule has 0 radical (unpaired) electrons. The summed E-state index contributed by atoms with van der Waals surface area (Å²) in [6.45, 7) is 13.2. The van der Waals surface area contributed by atoms with Crippen molar-refractivity contribution in [3.63, 3.8) is 0 Å². The van der Waals surface area contributed by atoms with E-state index in [9.17, 15) is 24.3 Å². The van der Waals surface area contributed by atoms with E-state index >= 15 is 4.39 Å². The summed E-state index contributed by atoms with van der Waals surface area (Å²) in [5.41, 5.74) is -4.68. The second kappa shape index (κ2) is 19.2. The second-order valence-corrected chi connectivity index (χ2v) is 17.9. The molecule has 2 aromatic rings. The van der Waals surface area contributed by atoms with Gasteiger partial charge in [0.1, 0.15) is 29.4 Å². The van der Waals surface area contributed by atoms with Gasteiger partial charge < -0.3 is 43.3 Å². The standard InChI is InChI=1S/C44H66FN5O11/c1-13-33-44(8)36(50(41(55)61-44)21-15-14-20-49-24-31(46-47-49)29-16-18-30(56-11)19-17-29)27(4)34(51)25(2)23-42(6,57-12)38(28(5)37(53)43(7,45)40(54)59-33)60-39-35(52)32(48(9)10)22-26(3)58-39/h16-19,24-28,32-33,35-36,38-39,52H,13-15,20-23H2,1-12H3/t25-,26-,27+,28+,32+,33-,35-,36-,38-,39+,42-,43+,44-/m1/s1. The fourth-order valence-corrected chi connectivity index (χ4v) is 9.57. The van der Waals surface area contributed by atoms with Gasteiger partial charge >= 0.3 is 12.1 Å². The van der Waals surface area contributed by atoms with Crippen molar-refractivity contribution in [2.45, 2.75) is 154 Å². The Kier molecular flexibility index (Phi) is 15.1. The molecule has 0 saturated carbocycles. The van der Waals surface area contributed by atoms with Crippen molar-refractivity contribution in [2.24, 2.45) is 17.8 Å². The van der Waals surface area contributed by atoms with E-state index in [2.05, 4.69) is 10.3 Å². The maximum atomic E-state index is 16.9. The smallest absolute Gasteiger partial charge is 0.410 e. The summed E-state index contributed by atoms with van der Waals surface area (Å²) in [7, 11) is 6.64. The summed E-state index contributed by atoms with van der Waals surface area (Å²) in [5, 5.41) is 20.0. The van der Waals surface area contributed by atoms with E-state index in [1.165, 1.54) is 18.9 Å². The van der Waals surface area contributed by atoms with E-state index < -0.39 is 83.1 Å². The number of fused-ring (bicyclic) bond motifs is 1. The first-order chi connectivity index (χ1) is 28.6. The molecule has 16 nitrogen and oxygen atoms in total. The number of carbonyl (C=O) groups excluding carboxylic acids is 4. The highest BCUT2D eigenvalue weighted by Gasteiger charge is 2.61. The van der Waals surface area contributed by atoms with Gasteiger partial charge in [-0.25, -0.2) is 14.0 Å². The molecule has 3 saturated heterocycles. The van der Waals surface area contributed by atoms with Gasteiger partial charge in [0, 0.05) is 49.6 Å². The topological polar surface area (TPSA) is 181 Å². The Labute approximate surface area is 358 Å². The summed E-state index contributed by atoms with van der Waals surface area (Å²) in [6, 6.07) is 6.17. The number of aliphatic hydroxyl groups is 1. The summed E-state index contributed by atoms with van der Waals surface area (Å²) >= 11 is 0. The Bertz CT molecular complexity index is 1860. The molecule has 0 unspecified atom stereocenters. The molecule has 17 heteroatoms. The normalized spacial score (nSPS) is 36.7. The number of rotatable bonds is 12. The highest BCUT2D eigenvalue weighted by Crippen LogP contribution is 2.44. The number of halogens is 1. The molecule has 0 bridgehead atoms. The SMILES string of the molecule is CC[C@H]1OC(=O)[C@@](C)(F)C(=O)[C@H](C)[C@@H](O[C@@H]2O[C@H](C)C[C@H](N(C)C)[C@H]2O)[C@](C)(OC)C[C@@H](C)C(=O)[C@H](C)[C@H]2N(CCCCn3cc(-c4ccc(OC)cc4)nn3)C(=O)O[C@]12C. The third-order valence-electron chi connectivity index (χ3n) is 13.1. The number of Topliss-reactive ketones (excluding diaryl/α,β-unsaturated/α-hetero) is 2. The van der Waals surface area contributed by atoms with Crippen LogP contribution in [0.1, 0.15) is 87.5 Å². The molecule has 3 fully saturated rings. The van der Waals surface area contributed by atoms with Crippen LogP contribution >= 0.6 is 0 Å². The number of nitrogens with zero attached hydrogens (tertiary/aromatic N) is 5. The van der Waals surface area contributed by atoms with Gasteiger partial charge in [0.25, 0.3) is 5.67 Å². The third kappa shape index (κ3) is 9.80. The number of carbonyl (C=O) groups is 4. The van der Waals surface area contributed by atoms with Crippen LogP contribution in [-0.2, 0) is 44.6 Å². The van der Waals surface area contributed by atoms with Crippen molar-refractivity contribution in [1.82, 2.24) is 24.8 Å². The molecule has 13 atom stereocenters. The van der Waals surface area contributed by atoms with Gasteiger partial charge in [-0.2, -0.15) is 0 Å². The van der Waals surface area contributed by atoms with Crippen molar-refractivity contribution in [3.8, 4) is 17.0 Å². The van der Waals surface area contributed by atoms with Crippen molar-refractivity contribution < 1.29 is 57.1 Å². The number of likely N-dealkylation sites (N-methyl/N-ethyl adjacent to an activating group) is 1. The first-order valence-corrected chi connectivity index (χ1v) is 21.4. The number of alkyl halides is 1. The Balaban J connectivity index is 1.44. The van der Waals surface area contributed by atoms with Gasteiger partial charge in [0.05, 0.1) is 37.2 Å². The fraction of sp³-hybridized carbons (Fsp3) is 0.727. The van der Waals surface area contributed by atoms with E-state index in [-0.39, 0.29) is 37.3 Å². The average Bonchev–Trinajstić information content (AvgIpc) is 3.80. The van der Waals surface area contributed by atoms with Gasteiger partial charge in [-0.1, -0.05) is 32.9 Å². The Morgan fingerprint density at radius 1 is 0.984 bits per heavy atom. The third-order valence-corrected chi connectivity index (χ3v) is 13.1.